The van der Waals surface area contributed by atoms with Crippen LogP contribution >= 0.6 is 11.6 Å². The Labute approximate surface area is 104 Å². The van der Waals surface area contributed by atoms with Crippen LogP contribution < -0.4 is 5.32 Å². The molecule has 0 saturated carbocycles. The SMILES string of the molecule is O=[N+]([O-])c1cc(F)c(Cl)cc1NCc1nn[nH]n1. The molecule has 2 N–H and O–H groups in total. The number of benzene rings is 1. The number of nitrogens with one attached hydrogen (secondary N) is 2. The molecule has 0 atom stereocenters. The number of tetrazole rings is 1. The summed E-state index contributed by atoms with van der Waals surface area (Å²) in [7, 11) is 0. The fourth-order valence-electron chi connectivity index (χ4n) is 1.26. The molecule has 1 aromatic heterocycles. The first-order valence-corrected chi connectivity index (χ1v) is 5.05. The largest absolute Gasteiger partial charge is 0.372 e. The average Bonchev–Trinajstić information content (AvgIpc) is 2.83. The number of aromatic amines is 1. The third-order valence-electron chi connectivity index (χ3n) is 2.06. The maximum atomic E-state index is 13.1. The van der Waals surface area contributed by atoms with Gasteiger partial charge in [0, 0.05) is 0 Å². The first-order valence-electron chi connectivity index (χ1n) is 4.67. The quantitative estimate of drug-likeness (QED) is 0.645. The number of nitro groups is 1. The van der Waals surface area contributed by atoms with Gasteiger partial charge in [0.1, 0.15) is 11.5 Å². The Kier molecular flexibility index (Phi) is 3.33. The minimum absolute atomic E-state index is 0.0798. The molecule has 0 radical (unpaired) electrons. The van der Waals surface area contributed by atoms with Crippen LogP contribution in [0.3, 0.4) is 0 Å². The van der Waals surface area contributed by atoms with Crippen LogP contribution in [0.25, 0.3) is 0 Å². The summed E-state index contributed by atoms with van der Waals surface area (Å²) in [5.41, 5.74) is -0.336. The summed E-state index contributed by atoms with van der Waals surface area (Å²) in [4.78, 5) is 10.0. The second-order valence-electron chi connectivity index (χ2n) is 3.22. The Balaban J connectivity index is 2.25. The monoisotopic (exact) mass is 272 g/mol. The van der Waals surface area contributed by atoms with Crippen molar-refractivity contribution in [3.8, 4) is 0 Å². The van der Waals surface area contributed by atoms with Gasteiger partial charge in [-0.3, -0.25) is 10.1 Å². The molecule has 10 heteroatoms. The summed E-state index contributed by atoms with van der Waals surface area (Å²) in [6.45, 7) is 0.0965. The highest BCUT2D eigenvalue weighted by molar-refractivity contribution is 6.31. The smallest absolute Gasteiger partial charge is 0.295 e. The molecule has 18 heavy (non-hydrogen) atoms. The number of H-pyrrole nitrogens is 1. The van der Waals surface area contributed by atoms with Crippen LogP contribution in [-0.2, 0) is 6.54 Å². The van der Waals surface area contributed by atoms with E-state index in [1.54, 1.807) is 0 Å². The van der Waals surface area contributed by atoms with Crippen molar-refractivity contribution in [2.24, 2.45) is 0 Å². The summed E-state index contributed by atoms with van der Waals surface area (Å²) in [6.07, 6.45) is 0. The third kappa shape index (κ3) is 2.51. The van der Waals surface area contributed by atoms with E-state index < -0.39 is 16.4 Å². The van der Waals surface area contributed by atoms with Crippen LogP contribution in [-0.4, -0.2) is 25.5 Å². The topological polar surface area (TPSA) is 110 Å². The second-order valence-corrected chi connectivity index (χ2v) is 3.63. The molecular formula is C8H6ClFN6O2. The Morgan fingerprint density at radius 3 is 2.94 bits per heavy atom. The number of halogens is 2. The van der Waals surface area contributed by atoms with Crippen molar-refractivity contribution in [3.05, 3.63) is 38.9 Å². The molecule has 0 spiro atoms. The molecule has 2 rings (SSSR count). The standard InChI is InChI=1S/C8H6ClFN6O2/c9-4-1-6(7(16(17)18)2-5(4)10)11-3-8-12-14-15-13-8/h1-2,11H,3H2,(H,12,13,14,15). The third-order valence-corrected chi connectivity index (χ3v) is 2.35. The summed E-state index contributed by atoms with van der Waals surface area (Å²) < 4.78 is 13.1. The zero-order chi connectivity index (χ0) is 13.1. The zero-order valence-electron chi connectivity index (χ0n) is 8.72. The van der Waals surface area contributed by atoms with Crippen molar-refractivity contribution < 1.29 is 9.31 Å². The maximum Gasteiger partial charge on any atom is 0.295 e. The van der Waals surface area contributed by atoms with Crippen LogP contribution in [0.1, 0.15) is 5.82 Å². The zero-order valence-corrected chi connectivity index (χ0v) is 9.48. The van der Waals surface area contributed by atoms with Gasteiger partial charge in [-0.1, -0.05) is 16.8 Å². The van der Waals surface area contributed by atoms with E-state index in [4.69, 9.17) is 11.6 Å². The van der Waals surface area contributed by atoms with Gasteiger partial charge >= 0.3 is 0 Å². The molecule has 1 heterocycles. The summed E-state index contributed by atoms with van der Waals surface area (Å²) in [6, 6.07) is 1.88. The van der Waals surface area contributed by atoms with Crippen molar-refractivity contribution in [3.63, 3.8) is 0 Å². The van der Waals surface area contributed by atoms with Crippen molar-refractivity contribution in [1.82, 2.24) is 20.6 Å². The Bertz CT molecular complexity index is 575. The normalized spacial score (nSPS) is 10.3. The molecule has 2 aromatic rings. The number of nitrogens with zero attached hydrogens (tertiary/aromatic N) is 4. The lowest BCUT2D eigenvalue weighted by Gasteiger charge is -2.05. The van der Waals surface area contributed by atoms with E-state index in [0.717, 1.165) is 12.1 Å². The molecule has 0 saturated heterocycles. The van der Waals surface area contributed by atoms with Gasteiger partial charge in [0.25, 0.3) is 5.69 Å². The average molecular weight is 273 g/mol. The molecule has 0 amide bonds. The van der Waals surface area contributed by atoms with E-state index in [9.17, 15) is 14.5 Å². The lowest BCUT2D eigenvalue weighted by Crippen LogP contribution is -2.04. The number of aromatic nitrogens is 4. The summed E-state index contributed by atoms with van der Waals surface area (Å²) >= 11 is 5.56. The van der Waals surface area contributed by atoms with Crippen LogP contribution in [0.5, 0.6) is 0 Å². The number of anilines is 1. The molecule has 0 fully saturated rings. The van der Waals surface area contributed by atoms with E-state index in [2.05, 4.69) is 25.9 Å². The van der Waals surface area contributed by atoms with Gasteiger partial charge in [-0.05, 0) is 6.07 Å². The van der Waals surface area contributed by atoms with Gasteiger partial charge in [0.2, 0.25) is 0 Å². The first-order chi connectivity index (χ1) is 8.58. The van der Waals surface area contributed by atoms with Gasteiger partial charge in [-0.2, -0.15) is 5.21 Å². The van der Waals surface area contributed by atoms with Crippen molar-refractivity contribution in [1.29, 1.82) is 0 Å². The van der Waals surface area contributed by atoms with Crippen LogP contribution in [0.4, 0.5) is 15.8 Å². The molecule has 0 unspecified atom stereocenters. The van der Waals surface area contributed by atoms with Gasteiger partial charge < -0.3 is 5.32 Å². The molecule has 1 aromatic carbocycles. The molecule has 0 aliphatic rings. The maximum absolute atomic E-state index is 13.1. The predicted molar refractivity (Wildman–Crippen MR) is 59.6 cm³/mol. The van der Waals surface area contributed by atoms with E-state index in [-0.39, 0.29) is 17.3 Å². The van der Waals surface area contributed by atoms with E-state index in [0.29, 0.717) is 5.82 Å². The van der Waals surface area contributed by atoms with E-state index in [1.165, 1.54) is 0 Å². The van der Waals surface area contributed by atoms with Gasteiger partial charge in [-0.15, -0.1) is 10.2 Å². The lowest BCUT2D eigenvalue weighted by atomic mass is 10.2. The molecule has 0 bridgehead atoms. The summed E-state index contributed by atoms with van der Waals surface area (Å²) in [5, 5.41) is 26.1. The number of hydrogen-bond acceptors (Lipinski definition) is 6. The minimum Gasteiger partial charge on any atom is -0.372 e. The molecule has 0 aliphatic heterocycles. The highest BCUT2D eigenvalue weighted by Gasteiger charge is 2.17. The number of hydrogen-bond donors (Lipinski definition) is 2. The lowest BCUT2D eigenvalue weighted by molar-refractivity contribution is -0.384. The first kappa shape index (κ1) is 12.2. The van der Waals surface area contributed by atoms with Crippen molar-refractivity contribution in [2.45, 2.75) is 6.54 Å². The van der Waals surface area contributed by atoms with Crippen molar-refractivity contribution >= 4 is 23.0 Å². The van der Waals surface area contributed by atoms with E-state index in [1.807, 2.05) is 0 Å². The highest BCUT2D eigenvalue weighted by atomic mass is 35.5. The van der Waals surface area contributed by atoms with Gasteiger partial charge in [0.15, 0.2) is 5.82 Å². The van der Waals surface area contributed by atoms with Crippen LogP contribution in [0.2, 0.25) is 5.02 Å². The minimum atomic E-state index is -0.853. The molecule has 8 nitrogen and oxygen atoms in total. The van der Waals surface area contributed by atoms with E-state index >= 15 is 0 Å². The fraction of sp³-hybridized carbons (Fsp3) is 0.125. The fourth-order valence-corrected chi connectivity index (χ4v) is 1.42. The Hall–Kier alpha value is -2.29. The molecule has 94 valence electrons. The number of nitro benzene ring substituents is 1. The van der Waals surface area contributed by atoms with Crippen LogP contribution in [0, 0.1) is 15.9 Å². The van der Waals surface area contributed by atoms with Gasteiger partial charge in [-0.25, -0.2) is 4.39 Å². The Morgan fingerprint density at radius 1 is 1.56 bits per heavy atom. The second kappa shape index (κ2) is 4.92. The molecule has 0 aliphatic carbocycles. The highest BCUT2D eigenvalue weighted by Crippen LogP contribution is 2.30. The number of rotatable bonds is 4. The molecular weight excluding hydrogens is 267 g/mol. The Morgan fingerprint density at radius 2 is 2.33 bits per heavy atom. The van der Waals surface area contributed by atoms with Crippen LogP contribution in [0.15, 0.2) is 12.1 Å². The summed E-state index contributed by atoms with van der Waals surface area (Å²) in [5.74, 6) is -0.543. The van der Waals surface area contributed by atoms with Gasteiger partial charge in [0.05, 0.1) is 22.6 Å². The predicted octanol–water partition coefficient (Wildman–Crippen LogP) is 1.51. The van der Waals surface area contributed by atoms with Crippen molar-refractivity contribution in [2.75, 3.05) is 5.32 Å².